The number of rotatable bonds is 11. The number of aromatic nitrogens is 1. The van der Waals surface area contributed by atoms with Gasteiger partial charge in [-0.1, -0.05) is 51.5 Å². The van der Waals surface area contributed by atoms with E-state index in [0.29, 0.717) is 59.2 Å². The van der Waals surface area contributed by atoms with E-state index in [0.717, 1.165) is 0 Å². The van der Waals surface area contributed by atoms with Crippen LogP contribution < -0.4 is 33.8 Å². The van der Waals surface area contributed by atoms with Crippen molar-refractivity contribution in [3.8, 4) is 23.0 Å². The van der Waals surface area contributed by atoms with E-state index in [1.807, 2.05) is 19.9 Å². The molecule has 0 spiro atoms. The van der Waals surface area contributed by atoms with Gasteiger partial charge in [-0.2, -0.15) is 0 Å². The van der Waals surface area contributed by atoms with Crippen molar-refractivity contribution in [2.75, 3.05) is 20.8 Å². The van der Waals surface area contributed by atoms with Crippen LogP contribution in [0.5, 0.6) is 23.0 Å². The van der Waals surface area contributed by atoms with Gasteiger partial charge < -0.3 is 23.7 Å². The summed E-state index contributed by atoms with van der Waals surface area (Å²) in [5, 5.41) is 0. The molecule has 0 aliphatic carbocycles. The number of halogens is 2. The SMILES string of the molecule is CCOC(=O)C1=C(C)N=c2s/c(=C\c3cc(OC)c(OCc4ccccc4F)cc3Br)c(=O)n2[C@H]1c1ccc(OC(C)C)c(OC)c1. The summed E-state index contributed by atoms with van der Waals surface area (Å²) in [6.07, 6.45) is 1.63. The summed E-state index contributed by atoms with van der Waals surface area (Å²) in [4.78, 5) is 32.6. The van der Waals surface area contributed by atoms with Crippen molar-refractivity contribution in [2.45, 2.75) is 46.4 Å². The van der Waals surface area contributed by atoms with Crippen LogP contribution in [0.25, 0.3) is 6.08 Å². The maximum atomic E-state index is 14.2. The van der Waals surface area contributed by atoms with E-state index in [1.54, 1.807) is 62.4 Å². The minimum Gasteiger partial charge on any atom is -0.493 e. The fourth-order valence-corrected chi connectivity index (χ4v) is 6.63. The van der Waals surface area contributed by atoms with Gasteiger partial charge in [-0.3, -0.25) is 9.36 Å². The van der Waals surface area contributed by atoms with Gasteiger partial charge in [0.1, 0.15) is 12.4 Å². The normalized spacial score (nSPS) is 14.5. The number of carbonyl (C=O) groups is 1. The van der Waals surface area contributed by atoms with E-state index in [9.17, 15) is 14.0 Å². The zero-order valence-corrected chi connectivity index (χ0v) is 29.2. The van der Waals surface area contributed by atoms with Crippen molar-refractivity contribution in [3.05, 3.63) is 113 Å². The number of allylic oxidation sites excluding steroid dienone is 1. The molecule has 0 saturated heterocycles. The molecule has 12 heteroatoms. The molecular weight excluding hydrogens is 691 g/mol. The van der Waals surface area contributed by atoms with Crippen molar-refractivity contribution in [3.63, 3.8) is 0 Å². The number of fused-ring (bicyclic) bond motifs is 1. The summed E-state index contributed by atoms with van der Waals surface area (Å²) in [6, 6.07) is 14.3. The molecule has 0 fully saturated rings. The molecule has 4 aromatic rings. The second kappa shape index (κ2) is 14.6. The number of esters is 1. The summed E-state index contributed by atoms with van der Waals surface area (Å²) < 4.78 is 45.1. The second-order valence-electron chi connectivity index (χ2n) is 10.8. The molecule has 0 bridgehead atoms. The Morgan fingerprint density at radius 3 is 2.47 bits per heavy atom. The zero-order chi connectivity index (χ0) is 33.8. The van der Waals surface area contributed by atoms with Gasteiger partial charge in [-0.05, 0) is 75.2 Å². The molecule has 1 aliphatic rings. The van der Waals surface area contributed by atoms with Crippen LogP contribution in [0.2, 0.25) is 0 Å². The van der Waals surface area contributed by atoms with Crippen molar-refractivity contribution in [1.82, 2.24) is 4.57 Å². The Labute approximate surface area is 283 Å². The number of methoxy groups -OCH3 is 2. The lowest BCUT2D eigenvalue weighted by molar-refractivity contribution is -0.139. The predicted octanol–water partition coefficient (Wildman–Crippen LogP) is 6.08. The van der Waals surface area contributed by atoms with Gasteiger partial charge in [0.05, 0.1) is 48.8 Å². The Hall–Kier alpha value is -4.42. The van der Waals surface area contributed by atoms with E-state index < -0.39 is 12.0 Å². The van der Waals surface area contributed by atoms with Crippen LogP contribution in [0.15, 0.2) is 80.1 Å². The zero-order valence-electron chi connectivity index (χ0n) is 26.8. The van der Waals surface area contributed by atoms with Gasteiger partial charge in [-0.25, -0.2) is 14.2 Å². The van der Waals surface area contributed by atoms with Crippen molar-refractivity contribution in [2.24, 2.45) is 4.99 Å². The van der Waals surface area contributed by atoms with Gasteiger partial charge >= 0.3 is 5.97 Å². The van der Waals surface area contributed by atoms with Gasteiger partial charge in [0.15, 0.2) is 27.8 Å². The van der Waals surface area contributed by atoms with Crippen LogP contribution in [-0.2, 0) is 16.1 Å². The van der Waals surface area contributed by atoms with Crippen molar-refractivity contribution in [1.29, 1.82) is 0 Å². The minimum absolute atomic E-state index is 0.00489. The number of hydrogen-bond acceptors (Lipinski definition) is 9. The molecule has 0 unspecified atom stereocenters. The van der Waals surface area contributed by atoms with E-state index in [1.165, 1.54) is 36.2 Å². The smallest absolute Gasteiger partial charge is 0.338 e. The van der Waals surface area contributed by atoms with Gasteiger partial charge in [-0.15, -0.1) is 0 Å². The van der Waals surface area contributed by atoms with Crippen molar-refractivity contribution >= 4 is 39.3 Å². The quantitative estimate of drug-likeness (QED) is 0.173. The number of hydrogen-bond donors (Lipinski definition) is 0. The van der Waals surface area contributed by atoms with Gasteiger partial charge in [0, 0.05) is 10.0 Å². The lowest BCUT2D eigenvalue weighted by Gasteiger charge is -2.25. The Morgan fingerprint density at radius 1 is 1.06 bits per heavy atom. The van der Waals surface area contributed by atoms with Crippen LogP contribution in [0.4, 0.5) is 4.39 Å². The number of thiazole rings is 1. The molecule has 1 aromatic heterocycles. The highest BCUT2D eigenvalue weighted by Gasteiger charge is 2.34. The molecule has 1 aliphatic heterocycles. The highest BCUT2D eigenvalue weighted by atomic mass is 79.9. The molecule has 2 heterocycles. The molecule has 0 N–H and O–H groups in total. The van der Waals surface area contributed by atoms with E-state index in [4.69, 9.17) is 23.7 Å². The topological polar surface area (TPSA) is 97.6 Å². The average Bonchev–Trinajstić information content (AvgIpc) is 3.34. The van der Waals surface area contributed by atoms with E-state index >= 15 is 0 Å². The molecule has 0 saturated carbocycles. The molecule has 0 amide bonds. The third-order valence-electron chi connectivity index (χ3n) is 7.29. The Bertz CT molecular complexity index is 2040. The largest absolute Gasteiger partial charge is 0.493 e. The standard InChI is InChI=1S/C35H34BrFN2O7S/c1-7-44-34(41)31-20(4)38-35-39(32(31)21-12-13-26(46-19(2)3)27(14-21)42-5)33(40)30(47-35)16-23-15-28(43-6)29(17-24(23)36)45-18-22-10-8-9-11-25(22)37/h8-17,19,32H,7,18H2,1-6H3/b30-16-/t32-/m0/s1. The monoisotopic (exact) mass is 724 g/mol. The van der Waals surface area contributed by atoms with Crippen LogP contribution in [-0.4, -0.2) is 37.5 Å². The highest BCUT2D eigenvalue weighted by Crippen LogP contribution is 2.37. The molecule has 3 aromatic carbocycles. The number of benzene rings is 3. The first-order chi connectivity index (χ1) is 22.6. The molecule has 5 rings (SSSR count). The Kier molecular flexibility index (Phi) is 10.5. The first-order valence-electron chi connectivity index (χ1n) is 14.8. The summed E-state index contributed by atoms with van der Waals surface area (Å²) >= 11 is 4.78. The van der Waals surface area contributed by atoms with Gasteiger partial charge in [0.2, 0.25) is 0 Å². The summed E-state index contributed by atoms with van der Waals surface area (Å²) in [5.74, 6) is 0.873. The van der Waals surface area contributed by atoms with E-state index in [2.05, 4.69) is 20.9 Å². The third-order valence-corrected chi connectivity index (χ3v) is 8.96. The van der Waals surface area contributed by atoms with Crippen molar-refractivity contribution < 1.29 is 32.9 Å². The van der Waals surface area contributed by atoms with Crippen LogP contribution in [0.1, 0.15) is 50.4 Å². The molecular formula is C35H34BrFN2O7S. The molecule has 246 valence electrons. The van der Waals surface area contributed by atoms with Gasteiger partial charge in [0.25, 0.3) is 5.56 Å². The maximum Gasteiger partial charge on any atom is 0.338 e. The first kappa shape index (κ1) is 33.9. The lowest BCUT2D eigenvalue weighted by Crippen LogP contribution is -2.40. The highest BCUT2D eigenvalue weighted by molar-refractivity contribution is 9.10. The lowest BCUT2D eigenvalue weighted by atomic mass is 9.95. The molecule has 1 atom stereocenters. The molecule has 47 heavy (non-hydrogen) atoms. The fraction of sp³-hybridized carbons (Fsp3) is 0.286. The number of ether oxygens (including phenoxy) is 5. The Balaban J connectivity index is 1.60. The first-order valence-corrected chi connectivity index (χ1v) is 16.4. The Morgan fingerprint density at radius 2 is 1.79 bits per heavy atom. The summed E-state index contributed by atoms with van der Waals surface area (Å²) in [6.45, 7) is 7.44. The van der Waals surface area contributed by atoms with Crippen LogP contribution >= 0.6 is 27.3 Å². The summed E-state index contributed by atoms with van der Waals surface area (Å²) in [7, 11) is 3.04. The fourth-order valence-electron chi connectivity index (χ4n) is 5.16. The third kappa shape index (κ3) is 7.13. The predicted molar refractivity (Wildman–Crippen MR) is 181 cm³/mol. The van der Waals surface area contributed by atoms with Crippen LogP contribution in [0.3, 0.4) is 0 Å². The number of carbonyl (C=O) groups excluding carboxylic acids is 1. The summed E-state index contributed by atoms with van der Waals surface area (Å²) in [5.41, 5.74) is 2.02. The molecule has 9 nitrogen and oxygen atoms in total. The average molecular weight is 726 g/mol. The van der Waals surface area contributed by atoms with Crippen LogP contribution in [0, 0.1) is 5.82 Å². The minimum atomic E-state index is -0.832. The van der Waals surface area contributed by atoms with E-state index in [-0.39, 0.29) is 36.3 Å². The second-order valence-corrected chi connectivity index (χ2v) is 12.6. The number of nitrogens with zero attached hydrogens (tertiary/aromatic N) is 2. The maximum absolute atomic E-state index is 14.2. The molecule has 0 radical (unpaired) electrons.